The van der Waals surface area contributed by atoms with Gasteiger partial charge < -0.3 is 15.2 Å². The highest BCUT2D eigenvalue weighted by atomic mass is 19.1. The van der Waals surface area contributed by atoms with Crippen molar-refractivity contribution in [2.45, 2.75) is 32.6 Å². The predicted octanol–water partition coefficient (Wildman–Crippen LogP) is 3.80. The summed E-state index contributed by atoms with van der Waals surface area (Å²) in [5.74, 6) is 0.204. The quantitative estimate of drug-likeness (QED) is 0.690. The minimum atomic E-state index is -0.113. The molecule has 5 nitrogen and oxygen atoms in total. The lowest BCUT2D eigenvalue weighted by molar-refractivity contribution is 0.0879. The highest BCUT2D eigenvalue weighted by Gasteiger charge is 2.53. The number of halogens is 1. The van der Waals surface area contributed by atoms with E-state index in [1.54, 1.807) is 6.08 Å². The number of carbonyl (C=O) groups excluding carboxylic acids is 1. The Labute approximate surface area is 157 Å². The van der Waals surface area contributed by atoms with Crippen LogP contribution in [0.4, 0.5) is 4.39 Å². The third-order valence-electron chi connectivity index (χ3n) is 6.17. The SMILES string of the molecule is C=CC1(CC2(C)CCN(CCNC(=O)c3cnc[nH]3)CC2)CC1/C=C/F.[HH].[HH]. The number of carbonyl (C=O) groups is 1. The molecule has 0 bridgehead atoms. The first-order chi connectivity index (χ1) is 12.5. The van der Waals surface area contributed by atoms with Crippen LogP contribution in [0.5, 0.6) is 0 Å². The van der Waals surface area contributed by atoms with Crippen LogP contribution in [0.15, 0.2) is 37.6 Å². The van der Waals surface area contributed by atoms with Gasteiger partial charge in [-0.2, -0.15) is 0 Å². The summed E-state index contributed by atoms with van der Waals surface area (Å²) in [6.07, 6.45) is 11.8. The maximum Gasteiger partial charge on any atom is 0.269 e. The van der Waals surface area contributed by atoms with Crippen LogP contribution in [-0.2, 0) is 0 Å². The molecule has 2 heterocycles. The number of nitrogens with one attached hydrogen (secondary N) is 2. The third-order valence-corrected chi connectivity index (χ3v) is 6.17. The standard InChI is InChI=1S/C20H29FN4O.2H2/c1-3-20(12-16(20)4-7-21)14-19(2)5-9-25(10-6-19)11-8-23-18(26)17-13-22-15-24-17;;/h3-4,7,13,15-16H,1,5-6,8-12,14H2,2H3,(H,22,24)(H,23,26);2*1H/b7-4+;;. The molecule has 1 saturated carbocycles. The number of amides is 1. The molecule has 2 fully saturated rings. The Morgan fingerprint density at radius 2 is 2.35 bits per heavy atom. The van der Waals surface area contributed by atoms with E-state index < -0.39 is 0 Å². The number of aromatic amines is 1. The summed E-state index contributed by atoms with van der Waals surface area (Å²) in [6, 6.07) is 0. The molecule has 1 saturated heterocycles. The molecule has 1 amide bonds. The van der Waals surface area contributed by atoms with Crippen molar-refractivity contribution in [3.8, 4) is 0 Å². The fraction of sp³-hybridized carbons (Fsp3) is 0.600. The van der Waals surface area contributed by atoms with Crippen molar-refractivity contribution in [1.29, 1.82) is 0 Å². The molecule has 1 aromatic rings. The van der Waals surface area contributed by atoms with Crippen LogP contribution >= 0.6 is 0 Å². The van der Waals surface area contributed by atoms with Crippen LogP contribution in [0.3, 0.4) is 0 Å². The summed E-state index contributed by atoms with van der Waals surface area (Å²) >= 11 is 0. The molecule has 26 heavy (non-hydrogen) atoms. The first kappa shape index (κ1) is 18.8. The maximum atomic E-state index is 12.5. The van der Waals surface area contributed by atoms with Crippen LogP contribution in [0.2, 0.25) is 0 Å². The lowest BCUT2D eigenvalue weighted by Gasteiger charge is -2.41. The molecule has 0 radical (unpaired) electrons. The number of likely N-dealkylation sites (tertiary alicyclic amines) is 1. The fourth-order valence-corrected chi connectivity index (χ4v) is 4.30. The van der Waals surface area contributed by atoms with Crippen molar-refractivity contribution >= 4 is 5.91 Å². The zero-order valence-corrected chi connectivity index (χ0v) is 15.5. The molecule has 1 aromatic heterocycles. The van der Waals surface area contributed by atoms with Gasteiger partial charge in [0, 0.05) is 15.9 Å². The monoisotopic (exact) mass is 364 g/mol. The molecule has 2 N–H and O–H groups in total. The van der Waals surface area contributed by atoms with E-state index >= 15 is 0 Å². The van der Waals surface area contributed by atoms with Crippen LogP contribution in [0, 0.1) is 16.7 Å². The first-order valence-electron chi connectivity index (χ1n) is 9.40. The summed E-state index contributed by atoms with van der Waals surface area (Å²) < 4.78 is 12.5. The first-order valence-corrected chi connectivity index (χ1v) is 9.40. The molecule has 1 aliphatic carbocycles. The van der Waals surface area contributed by atoms with Gasteiger partial charge in [0.1, 0.15) is 5.69 Å². The van der Waals surface area contributed by atoms with E-state index in [2.05, 4.69) is 33.7 Å². The zero-order chi connectivity index (χ0) is 18.6. The summed E-state index contributed by atoms with van der Waals surface area (Å²) in [5.41, 5.74) is 0.868. The zero-order valence-electron chi connectivity index (χ0n) is 15.5. The minimum absolute atomic E-state index is 0. The van der Waals surface area contributed by atoms with Gasteiger partial charge in [0.25, 0.3) is 5.91 Å². The average Bonchev–Trinajstić information content (AvgIpc) is 3.05. The maximum absolute atomic E-state index is 12.5. The molecule has 2 aliphatic rings. The molecule has 3 rings (SSSR count). The molecular formula is C20H33FN4O. The van der Waals surface area contributed by atoms with E-state index in [0.717, 1.165) is 45.3 Å². The van der Waals surface area contributed by atoms with Crippen LogP contribution in [0.1, 0.15) is 45.9 Å². The topological polar surface area (TPSA) is 61.0 Å². The summed E-state index contributed by atoms with van der Waals surface area (Å²) in [6.45, 7) is 9.91. The van der Waals surface area contributed by atoms with Crippen LogP contribution < -0.4 is 5.32 Å². The van der Waals surface area contributed by atoms with Gasteiger partial charge in [-0.05, 0) is 55.5 Å². The highest BCUT2D eigenvalue weighted by molar-refractivity contribution is 5.91. The second kappa shape index (κ2) is 7.74. The number of allylic oxidation sites excluding steroid dienone is 2. The van der Waals surface area contributed by atoms with Gasteiger partial charge in [-0.1, -0.05) is 19.1 Å². The minimum Gasteiger partial charge on any atom is -0.349 e. The van der Waals surface area contributed by atoms with Gasteiger partial charge in [-0.25, -0.2) is 9.37 Å². The lowest BCUT2D eigenvalue weighted by Crippen LogP contribution is -2.43. The van der Waals surface area contributed by atoms with E-state index in [4.69, 9.17) is 0 Å². The van der Waals surface area contributed by atoms with E-state index in [1.807, 2.05) is 6.08 Å². The molecule has 2 atom stereocenters. The third kappa shape index (κ3) is 4.23. The normalized spacial score (nSPS) is 28.2. The van der Waals surface area contributed by atoms with Crippen molar-refractivity contribution in [2.24, 2.45) is 16.7 Å². The Hall–Kier alpha value is -1.95. The van der Waals surface area contributed by atoms with Crippen molar-refractivity contribution < 1.29 is 12.0 Å². The molecule has 1 aliphatic heterocycles. The van der Waals surface area contributed by atoms with Gasteiger partial charge in [0.15, 0.2) is 0 Å². The van der Waals surface area contributed by atoms with Gasteiger partial charge in [0.2, 0.25) is 0 Å². The van der Waals surface area contributed by atoms with Crippen molar-refractivity contribution in [3.63, 3.8) is 0 Å². The van der Waals surface area contributed by atoms with Gasteiger partial charge in [-0.15, -0.1) is 6.58 Å². The van der Waals surface area contributed by atoms with E-state index in [1.165, 1.54) is 12.5 Å². The van der Waals surface area contributed by atoms with E-state index in [9.17, 15) is 9.18 Å². The molecule has 6 heteroatoms. The predicted molar refractivity (Wildman–Crippen MR) is 105 cm³/mol. The van der Waals surface area contributed by atoms with E-state index in [0.29, 0.717) is 24.5 Å². The number of hydrogen-bond donors (Lipinski definition) is 2. The number of aromatic nitrogens is 2. The molecule has 0 aromatic carbocycles. The summed E-state index contributed by atoms with van der Waals surface area (Å²) in [5, 5.41) is 2.92. The van der Waals surface area contributed by atoms with Crippen molar-refractivity contribution in [3.05, 3.63) is 43.3 Å². The number of hydrogen-bond acceptors (Lipinski definition) is 3. The Balaban J connectivity index is 0.00000196. The van der Waals surface area contributed by atoms with Crippen molar-refractivity contribution in [2.75, 3.05) is 26.2 Å². The Morgan fingerprint density at radius 1 is 1.58 bits per heavy atom. The molecular weight excluding hydrogens is 331 g/mol. The fourth-order valence-electron chi connectivity index (χ4n) is 4.30. The molecule has 0 spiro atoms. The van der Waals surface area contributed by atoms with Gasteiger partial charge in [-0.3, -0.25) is 4.79 Å². The summed E-state index contributed by atoms with van der Waals surface area (Å²) in [7, 11) is 0. The van der Waals surface area contributed by atoms with Crippen LogP contribution in [-0.4, -0.2) is 47.0 Å². The molecule has 146 valence electrons. The highest BCUT2D eigenvalue weighted by Crippen LogP contribution is 2.61. The summed E-state index contributed by atoms with van der Waals surface area (Å²) in [4.78, 5) is 21.0. The molecule has 2 unspecified atom stereocenters. The number of rotatable bonds is 8. The Bertz CT molecular complexity index is 659. The van der Waals surface area contributed by atoms with E-state index in [-0.39, 0.29) is 19.6 Å². The Kier molecular flexibility index (Phi) is 5.61. The largest absolute Gasteiger partial charge is 0.349 e. The van der Waals surface area contributed by atoms with Crippen LogP contribution in [0.25, 0.3) is 0 Å². The van der Waals surface area contributed by atoms with Gasteiger partial charge >= 0.3 is 0 Å². The number of imidazole rings is 1. The van der Waals surface area contributed by atoms with Gasteiger partial charge in [0.05, 0.1) is 18.9 Å². The Morgan fingerprint density at radius 3 is 2.96 bits per heavy atom. The number of piperidine rings is 1. The lowest BCUT2D eigenvalue weighted by atomic mass is 9.72. The second-order valence-corrected chi connectivity index (χ2v) is 8.12. The second-order valence-electron chi connectivity index (χ2n) is 8.12. The average molecular weight is 365 g/mol. The number of nitrogens with zero attached hydrogens (tertiary/aromatic N) is 2. The van der Waals surface area contributed by atoms with Crippen molar-refractivity contribution in [1.82, 2.24) is 20.2 Å². The number of H-pyrrole nitrogens is 1. The smallest absolute Gasteiger partial charge is 0.269 e.